The van der Waals surface area contributed by atoms with Gasteiger partial charge in [0.05, 0.1) is 18.9 Å². The van der Waals surface area contributed by atoms with Crippen molar-refractivity contribution in [3.05, 3.63) is 23.3 Å². The summed E-state index contributed by atoms with van der Waals surface area (Å²) in [5, 5.41) is 10.1. The zero-order valence-electron chi connectivity index (χ0n) is 12.1. The van der Waals surface area contributed by atoms with Crippen molar-refractivity contribution in [2.75, 3.05) is 32.0 Å². The van der Waals surface area contributed by atoms with Gasteiger partial charge in [-0.3, -0.25) is 4.90 Å². The molecule has 106 valence electrons. The third kappa shape index (κ3) is 3.39. The van der Waals surface area contributed by atoms with Crippen LogP contribution in [0.25, 0.3) is 0 Å². The Bertz CT molecular complexity index is 446. The fraction of sp³-hybridized carbons (Fsp3) is 0.600. The Balaban J connectivity index is 2.25. The third-order valence-corrected chi connectivity index (χ3v) is 3.58. The fourth-order valence-corrected chi connectivity index (χ4v) is 2.27. The number of phenols is 1. The molecule has 1 aliphatic rings. The van der Waals surface area contributed by atoms with Crippen LogP contribution in [0.1, 0.15) is 31.9 Å². The van der Waals surface area contributed by atoms with E-state index >= 15 is 0 Å². The van der Waals surface area contributed by atoms with Crippen LogP contribution in [0, 0.1) is 0 Å². The highest BCUT2D eigenvalue weighted by atomic mass is 16.5. The van der Waals surface area contributed by atoms with Gasteiger partial charge in [-0.2, -0.15) is 0 Å². The van der Waals surface area contributed by atoms with E-state index < -0.39 is 0 Å². The van der Waals surface area contributed by atoms with Crippen molar-refractivity contribution in [2.24, 2.45) is 0 Å². The summed E-state index contributed by atoms with van der Waals surface area (Å²) in [5.41, 5.74) is 8.50. The summed E-state index contributed by atoms with van der Waals surface area (Å²) in [6.45, 7) is 10.5. The van der Waals surface area contributed by atoms with Gasteiger partial charge in [-0.1, -0.05) is 26.8 Å². The van der Waals surface area contributed by atoms with Gasteiger partial charge in [0.1, 0.15) is 5.75 Å². The number of hydrogen-bond acceptors (Lipinski definition) is 4. The van der Waals surface area contributed by atoms with Crippen LogP contribution in [0.15, 0.2) is 12.1 Å². The molecule has 0 saturated carbocycles. The van der Waals surface area contributed by atoms with Crippen LogP contribution >= 0.6 is 0 Å². The number of nitrogens with two attached hydrogens (primary N) is 1. The second-order valence-electron chi connectivity index (χ2n) is 6.21. The quantitative estimate of drug-likeness (QED) is 0.634. The first-order valence-corrected chi connectivity index (χ1v) is 6.80. The molecule has 1 aromatic rings. The number of phenolic OH excluding ortho intramolecular Hbond substituents is 1. The lowest BCUT2D eigenvalue weighted by atomic mass is 9.85. The number of benzene rings is 1. The van der Waals surface area contributed by atoms with E-state index in [1.165, 1.54) is 0 Å². The first-order valence-electron chi connectivity index (χ1n) is 6.80. The molecule has 0 aliphatic carbocycles. The first kappa shape index (κ1) is 14.2. The minimum Gasteiger partial charge on any atom is -0.505 e. The monoisotopic (exact) mass is 264 g/mol. The van der Waals surface area contributed by atoms with E-state index in [0.29, 0.717) is 5.69 Å². The second-order valence-corrected chi connectivity index (χ2v) is 6.21. The summed E-state index contributed by atoms with van der Waals surface area (Å²) in [5.74, 6) is 0.222. The predicted octanol–water partition coefficient (Wildman–Crippen LogP) is 2.10. The number of hydrogen-bond donors (Lipinski definition) is 2. The molecule has 1 aromatic carbocycles. The number of ether oxygens (including phenoxy) is 1. The highest BCUT2D eigenvalue weighted by Gasteiger charge is 2.19. The van der Waals surface area contributed by atoms with Crippen LogP contribution in [0.3, 0.4) is 0 Å². The summed E-state index contributed by atoms with van der Waals surface area (Å²) in [6, 6.07) is 3.94. The zero-order chi connectivity index (χ0) is 14.0. The highest BCUT2D eigenvalue weighted by Crippen LogP contribution is 2.33. The van der Waals surface area contributed by atoms with Crippen LogP contribution in [0.5, 0.6) is 5.75 Å². The summed E-state index contributed by atoms with van der Waals surface area (Å²) < 4.78 is 5.34. The van der Waals surface area contributed by atoms with E-state index in [9.17, 15) is 5.11 Å². The molecule has 1 aliphatic heterocycles. The molecule has 19 heavy (non-hydrogen) atoms. The molecule has 0 spiro atoms. The summed E-state index contributed by atoms with van der Waals surface area (Å²) in [6.07, 6.45) is 0. The molecule has 1 fully saturated rings. The van der Waals surface area contributed by atoms with E-state index in [0.717, 1.165) is 44.0 Å². The molecule has 0 amide bonds. The molecule has 2 rings (SSSR count). The number of nitrogens with zero attached hydrogens (tertiary/aromatic N) is 1. The van der Waals surface area contributed by atoms with Crippen LogP contribution < -0.4 is 5.73 Å². The molecular formula is C15H24N2O2. The van der Waals surface area contributed by atoms with Gasteiger partial charge < -0.3 is 15.6 Å². The smallest absolute Gasteiger partial charge is 0.142 e. The molecule has 0 atom stereocenters. The molecule has 0 radical (unpaired) electrons. The third-order valence-electron chi connectivity index (χ3n) is 3.58. The minimum absolute atomic E-state index is 0.0293. The average molecular weight is 264 g/mol. The van der Waals surface area contributed by atoms with E-state index in [4.69, 9.17) is 10.5 Å². The Kier molecular flexibility index (Phi) is 4.02. The van der Waals surface area contributed by atoms with Crippen LogP contribution in [-0.2, 0) is 16.7 Å². The van der Waals surface area contributed by atoms with E-state index in [2.05, 4.69) is 31.7 Å². The van der Waals surface area contributed by atoms with Gasteiger partial charge >= 0.3 is 0 Å². The molecular weight excluding hydrogens is 240 g/mol. The topological polar surface area (TPSA) is 58.7 Å². The van der Waals surface area contributed by atoms with Crippen molar-refractivity contribution in [3.8, 4) is 5.75 Å². The normalized spacial score (nSPS) is 17.6. The Labute approximate surface area is 115 Å². The van der Waals surface area contributed by atoms with Crippen molar-refractivity contribution in [1.29, 1.82) is 0 Å². The second kappa shape index (κ2) is 5.39. The Morgan fingerprint density at radius 2 is 1.89 bits per heavy atom. The predicted molar refractivity (Wildman–Crippen MR) is 77.3 cm³/mol. The highest BCUT2D eigenvalue weighted by molar-refractivity contribution is 5.59. The van der Waals surface area contributed by atoms with Crippen molar-refractivity contribution in [2.45, 2.75) is 32.7 Å². The maximum Gasteiger partial charge on any atom is 0.142 e. The van der Waals surface area contributed by atoms with Crippen LogP contribution in [0.2, 0.25) is 0 Å². The fourth-order valence-electron chi connectivity index (χ4n) is 2.27. The molecule has 0 bridgehead atoms. The van der Waals surface area contributed by atoms with Gasteiger partial charge in [0.2, 0.25) is 0 Å². The van der Waals surface area contributed by atoms with Gasteiger partial charge in [-0.15, -0.1) is 0 Å². The van der Waals surface area contributed by atoms with Crippen molar-refractivity contribution < 1.29 is 9.84 Å². The molecule has 3 N–H and O–H groups in total. The van der Waals surface area contributed by atoms with Crippen molar-refractivity contribution in [1.82, 2.24) is 4.90 Å². The maximum atomic E-state index is 10.1. The summed E-state index contributed by atoms with van der Waals surface area (Å²) in [7, 11) is 0. The minimum atomic E-state index is 0.0293. The Morgan fingerprint density at radius 1 is 1.26 bits per heavy atom. The van der Waals surface area contributed by atoms with Crippen molar-refractivity contribution >= 4 is 5.69 Å². The lowest BCUT2D eigenvalue weighted by Gasteiger charge is -2.28. The largest absolute Gasteiger partial charge is 0.505 e. The molecule has 1 saturated heterocycles. The number of rotatable bonds is 2. The number of morpholine rings is 1. The van der Waals surface area contributed by atoms with Crippen LogP contribution in [-0.4, -0.2) is 36.3 Å². The van der Waals surface area contributed by atoms with Gasteiger partial charge in [0, 0.05) is 25.2 Å². The summed E-state index contributed by atoms with van der Waals surface area (Å²) in [4.78, 5) is 2.28. The SMILES string of the molecule is CC(C)(C)c1cc(N)c(O)c(CN2CCOCC2)c1. The van der Waals surface area contributed by atoms with Gasteiger partial charge in [-0.25, -0.2) is 0 Å². The molecule has 1 heterocycles. The lowest BCUT2D eigenvalue weighted by Crippen LogP contribution is -2.35. The first-order chi connectivity index (χ1) is 8.88. The zero-order valence-corrected chi connectivity index (χ0v) is 12.1. The van der Waals surface area contributed by atoms with E-state index in [1.54, 1.807) is 0 Å². The standard InChI is InChI=1S/C15H24N2O2/c1-15(2,3)12-8-11(14(18)13(16)9-12)10-17-4-6-19-7-5-17/h8-9,18H,4-7,10,16H2,1-3H3. The summed E-state index contributed by atoms with van der Waals surface area (Å²) >= 11 is 0. The number of nitrogen functional groups attached to an aromatic ring is 1. The number of anilines is 1. The average Bonchev–Trinajstić information content (AvgIpc) is 2.34. The Morgan fingerprint density at radius 3 is 2.47 bits per heavy atom. The van der Waals surface area contributed by atoms with Crippen LogP contribution in [0.4, 0.5) is 5.69 Å². The van der Waals surface area contributed by atoms with E-state index in [1.807, 2.05) is 6.07 Å². The van der Waals surface area contributed by atoms with Crippen molar-refractivity contribution in [3.63, 3.8) is 0 Å². The van der Waals surface area contributed by atoms with Gasteiger partial charge in [-0.05, 0) is 17.0 Å². The van der Waals surface area contributed by atoms with Gasteiger partial charge in [0.15, 0.2) is 0 Å². The lowest BCUT2D eigenvalue weighted by molar-refractivity contribution is 0.0339. The molecule has 4 nitrogen and oxygen atoms in total. The van der Waals surface area contributed by atoms with Gasteiger partial charge in [0.25, 0.3) is 0 Å². The molecule has 0 unspecified atom stereocenters. The molecule has 4 heteroatoms. The number of aromatic hydroxyl groups is 1. The molecule has 0 aromatic heterocycles. The Hall–Kier alpha value is -1.26. The van der Waals surface area contributed by atoms with E-state index in [-0.39, 0.29) is 11.2 Å². The maximum absolute atomic E-state index is 10.1.